The third-order valence-corrected chi connectivity index (χ3v) is 2.06. The predicted molar refractivity (Wildman–Crippen MR) is 56.0 cm³/mol. The maximum absolute atomic E-state index is 4.21. The van der Waals surface area contributed by atoms with E-state index in [1.807, 2.05) is 4.57 Å². The molecule has 0 aliphatic heterocycles. The van der Waals surface area contributed by atoms with Gasteiger partial charge in [0.05, 0.1) is 6.20 Å². The Bertz CT molecular complexity index is 440. The van der Waals surface area contributed by atoms with Crippen LogP contribution >= 0.6 is 0 Å². The number of rotatable bonds is 1. The minimum absolute atomic E-state index is 0.0592. The van der Waals surface area contributed by atoms with Crippen LogP contribution in [0.25, 0.3) is 11.5 Å². The van der Waals surface area contributed by atoms with Crippen molar-refractivity contribution in [1.82, 2.24) is 24.7 Å². The maximum Gasteiger partial charge on any atom is 0.184 e. The summed E-state index contributed by atoms with van der Waals surface area (Å²) in [5, 5.41) is 7.97. The average molecular weight is 203 g/mol. The molecule has 0 aromatic carbocycles. The summed E-state index contributed by atoms with van der Waals surface area (Å²) < 4.78 is 1.98. The Morgan fingerprint density at radius 3 is 2.60 bits per heavy atom. The molecule has 0 unspecified atom stereocenters. The van der Waals surface area contributed by atoms with Gasteiger partial charge < -0.3 is 4.57 Å². The molecule has 0 radical (unpaired) electrons. The van der Waals surface area contributed by atoms with Crippen molar-refractivity contribution >= 4 is 0 Å². The van der Waals surface area contributed by atoms with E-state index in [1.54, 1.807) is 24.9 Å². The standard InChI is InChI=1S/C10H13N5/c1-10(2,3)15-7-13-14-9(15)8-6-11-4-5-12-8/h4-7H,1-3H3. The molecule has 2 rings (SSSR count). The maximum atomic E-state index is 4.21. The lowest BCUT2D eigenvalue weighted by molar-refractivity contribution is 0.399. The van der Waals surface area contributed by atoms with E-state index in [1.165, 1.54) is 0 Å². The topological polar surface area (TPSA) is 56.5 Å². The van der Waals surface area contributed by atoms with Crippen LogP contribution < -0.4 is 0 Å². The molecule has 0 fully saturated rings. The first-order valence-corrected chi connectivity index (χ1v) is 4.76. The Morgan fingerprint density at radius 2 is 2.00 bits per heavy atom. The quantitative estimate of drug-likeness (QED) is 0.704. The van der Waals surface area contributed by atoms with Crippen LogP contribution in [-0.2, 0) is 5.54 Å². The van der Waals surface area contributed by atoms with Gasteiger partial charge in [-0.15, -0.1) is 10.2 Å². The molecule has 0 N–H and O–H groups in total. The highest BCUT2D eigenvalue weighted by Gasteiger charge is 2.19. The van der Waals surface area contributed by atoms with Crippen LogP contribution in [0.15, 0.2) is 24.9 Å². The smallest absolute Gasteiger partial charge is 0.184 e. The van der Waals surface area contributed by atoms with E-state index in [4.69, 9.17) is 0 Å². The molecule has 0 atom stereocenters. The Morgan fingerprint density at radius 1 is 1.20 bits per heavy atom. The lowest BCUT2D eigenvalue weighted by Gasteiger charge is -2.21. The molecule has 78 valence electrons. The first-order chi connectivity index (χ1) is 7.09. The molecule has 0 amide bonds. The molecule has 5 nitrogen and oxygen atoms in total. The summed E-state index contributed by atoms with van der Waals surface area (Å²) in [6, 6.07) is 0. The van der Waals surface area contributed by atoms with E-state index < -0.39 is 0 Å². The van der Waals surface area contributed by atoms with Crippen molar-refractivity contribution in [3.63, 3.8) is 0 Å². The largest absolute Gasteiger partial charge is 0.307 e. The summed E-state index contributed by atoms with van der Waals surface area (Å²) in [4.78, 5) is 8.23. The van der Waals surface area contributed by atoms with Crippen molar-refractivity contribution in [3.05, 3.63) is 24.9 Å². The summed E-state index contributed by atoms with van der Waals surface area (Å²) in [7, 11) is 0. The Labute approximate surface area is 88.2 Å². The Hall–Kier alpha value is -1.78. The van der Waals surface area contributed by atoms with Crippen molar-refractivity contribution in [2.45, 2.75) is 26.3 Å². The highest BCUT2D eigenvalue weighted by molar-refractivity contribution is 5.47. The van der Waals surface area contributed by atoms with Gasteiger partial charge in [-0.3, -0.25) is 4.98 Å². The molecule has 0 spiro atoms. The van der Waals surface area contributed by atoms with Gasteiger partial charge in [-0.1, -0.05) is 0 Å². The van der Waals surface area contributed by atoms with Crippen molar-refractivity contribution in [2.75, 3.05) is 0 Å². The third-order valence-electron chi connectivity index (χ3n) is 2.06. The molecule has 0 bridgehead atoms. The number of nitrogens with zero attached hydrogens (tertiary/aromatic N) is 5. The van der Waals surface area contributed by atoms with E-state index >= 15 is 0 Å². The SMILES string of the molecule is CC(C)(C)n1cnnc1-c1cnccn1. The first kappa shape index (κ1) is 9.76. The number of hydrogen-bond donors (Lipinski definition) is 0. The van der Waals surface area contributed by atoms with Crippen LogP contribution in [0.2, 0.25) is 0 Å². The van der Waals surface area contributed by atoms with Crippen molar-refractivity contribution < 1.29 is 0 Å². The van der Waals surface area contributed by atoms with Gasteiger partial charge in [0.2, 0.25) is 0 Å². The summed E-state index contributed by atoms with van der Waals surface area (Å²) in [6.07, 6.45) is 6.69. The predicted octanol–water partition coefficient (Wildman–Crippen LogP) is 1.49. The van der Waals surface area contributed by atoms with Gasteiger partial charge in [-0.05, 0) is 20.8 Å². The van der Waals surface area contributed by atoms with E-state index in [0.717, 1.165) is 11.5 Å². The van der Waals surface area contributed by atoms with Crippen LogP contribution in [0.5, 0.6) is 0 Å². The fraction of sp³-hybridized carbons (Fsp3) is 0.400. The summed E-state index contributed by atoms with van der Waals surface area (Å²) in [5.74, 6) is 0.746. The van der Waals surface area contributed by atoms with Gasteiger partial charge in [-0.25, -0.2) is 4.98 Å². The van der Waals surface area contributed by atoms with Gasteiger partial charge in [0.1, 0.15) is 12.0 Å². The van der Waals surface area contributed by atoms with Crippen LogP contribution in [0.3, 0.4) is 0 Å². The molecule has 5 heteroatoms. The Balaban J connectivity index is 2.51. The second kappa shape index (κ2) is 3.42. The highest BCUT2D eigenvalue weighted by atomic mass is 15.3. The second-order valence-electron chi connectivity index (χ2n) is 4.29. The van der Waals surface area contributed by atoms with Crippen LogP contribution in [0, 0.1) is 0 Å². The zero-order valence-electron chi connectivity index (χ0n) is 9.05. The van der Waals surface area contributed by atoms with E-state index in [0.29, 0.717) is 0 Å². The van der Waals surface area contributed by atoms with Gasteiger partial charge in [0.25, 0.3) is 0 Å². The molecule has 15 heavy (non-hydrogen) atoms. The monoisotopic (exact) mass is 203 g/mol. The van der Waals surface area contributed by atoms with E-state index in [-0.39, 0.29) is 5.54 Å². The average Bonchev–Trinajstić information content (AvgIpc) is 2.67. The fourth-order valence-corrected chi connectivity index (χ4v) is 1.32. The lowest BCUT2D eigenvalue weighted by atomic mass is 10.1. The molecule has 2 aromatic heterocycles. The van der Waals surface area contributed by atoms with Crippen LogP contribution in [-0.4, -0.2) is 24.7 Å². The van der Waals surface area contributed by atoms with Crippen molar-refractivity contribution in [1.29, 1.82) is 0 Å². The van der Waals surface area contributed by atoms with Crippen molar-refractivity contribution in [3.8, 4) is 11.5 Å². The van der Waals surface area contributed by atoms with Gasteiger partial charge >= 0.3 is 0 Å². The minimum atomic E-state index is -0.0592. The van der Waals surface area contributed by atoms with Gasteiger partial charge in [-0.2, -0.15) is 0 Å². The fourth-order valence-electron chi connectivity index (χ4n) is 1.32. The summed E-state index contributed by atoms with van der Waals surface area (Å²) in [6.45, 7) is 6.28. The van der Waals surface area contributed by atoms with Crippen molar-refractivity contribution in [2.24, 2.45) is 0 Å². The minimum Gasteiger partial charge on any atom is -0.307 e. The molecular weight excluding hydrogens is 190 g/mol. The van der Waals surface area contributed by atoms with Crippen LogP contribution in [0.4, 0.5) is 0 Å². The van der Waals surface area contributed by atoms with Gasteiger partial charge in [0.15, 0.2) is 5.82 Å². The molecule has 0 aliphatic rings. The third kappa shape index (κ3) is 1.86. The molecule has 2 heterocycles. The highest BCUT2D eigenvalue weighted by Crippen LogP contribution is 2.20. The van der Waals surface area contributed by atoms with E-state index in [2.05, 4.69) is 40.9 Å². The molecule has 0 saturated carbocycles. The lowest BCUT2D eigenvalue weighted by Crippen LogP contribution is -2.22. The number of hydrogen-bond acceptors (Lipinski definition) is 4. The molecule has 2 aromatic rings. The Kier molecular flexibility index (Phi) is 2.22. The molecule has 0 aliphatic carbocycles. The zero-order valence-corrected chi connectivity index (χ0v) is 9.05. The second-order valence-corrected chi connectivity index (χ2v) is 4.29. The van der Waals surface area contributed by atoms with Gasteiger partial charge in [0, 0.05) is 17.9 Å². The summed E-state index contributed by atoms with van der Waals surface area (Å²) >= 11 is 0. The molecular formula is C10H13N5. The molecule has 0 saturated heterocycles. The zero-order chi connectivity index (χ0) is 10.9. The summed E-state index contributed by atoms with van der Waals surface area (Å²) in [5.41, 5.74) is 0.681. The normalized spacial score (nSPS) is 11.7. The van der Waals surface area contributed by atoms with Crippen LogP contribution in [0.1, 0.15) is 20.8 Å². The van der Waals surface area contributed by atoms with E-state index in [9.17, 15) is 0 Å². The number of aromatic nitrogens is 5. The first-order valence-electron chi connectivity index (χ1n) is 4.76.